The van der Waals surface area contributed by atoms with Crippen LogP contribution in [0.3, 0.4) is 0 Å². The molecule has 0 bridgehead atoms. The smallest absolute Gasteiger partial charge is 0.200 e. The predicted molar refractivity (Wildman–Crippen MR) is 180 cm³/mol. The van der Waals surface area contributed by atoms with Gasteiger partial charge in [0.15, 0.2) is 0 Å². The Hall–Kier alpha value is -4.58. The minimum atomic E-state index is 0.134. The fourth-order valence-corrected chi connectivity index (χ4v) is 5.20. The van der Waals surface area contributed by atoms with Crippen molar-refractivity contribution in [2.45, 2.75) is 65.5 Å². The first-order chi connectivity index (χ1) is 20.4. The van der Waals surface area contributed by atoms with Crippen LogP contribution in [0.1, 0.15) is 49.9 Å². The highest BCUT2D eigenvalue weighted by molar-refractivity contribution is 6.05. The monoisotopic (exact) mass is 558 g/mol. The third-order valence-corrected chi connectivity index (χ3v) is 7.18. The van der Waals surface area contributed by atoms with Crippen LogP contribution in [0.15, 0.2) is 107 Å². The van der Waals surface area contributed by atoms with E-state index in [0.29, 0.717) is 0 Å². The van der Waals surface area contributed by atoms with E-state index in [2.05, 4.69) is 146 Å². The molecule has 4 N–H and O–H groups in total. The molecule has 0 saturated carbocycles. The predicted octanol–water partition coefficient (Wildman–Crippen LogP) is 8.15. The van der Waals surface area contributed by atoms with Crippen LogP contribution in [0.4, 0.5) is 22.7 Å². The topological polar surface area (TPSA) is 72.8 Å². The van der Waals surface area contributed by atoms with Crippen LogP contribution in [0.5, 0.6) is 0 Å². The van der Waals surface area contributed by atoms with Crippen LogP contribution in [0, 0.1) is 0 Å². The van der Waals surface area contributed by atoms with Gasteiger partial charge in [-0.3, -0.25) is 0 Å². The van der Waals surface area contributed by atoms with E-state index < -0.39 is 0 Å². The van der Waals surface area contributed by atoms with Crippen molar-refractivity contribution in [1.29, 1.82) is 0 Å². The Balaban J connectivity index is 1.58. The van der Waals surface area contributed by atoms with Gasteiger partial charge in [-0.2, -0.15) is 0 Å². The number of aliphatic imine (C=N–C) groups is 2. The number of hydrogen-bond acceptors (Lipinski definition) is 2. The van der Waals surface area contributed by atoms with Gasteiger partial charge in [0.25, 0.3) is 0 Å². The fraction of sp³-hybridized carbons (Fsp3) is 0.278. The minimum absolute atomic E-state index is 0.134. The number of hydrogen-bond donors (Lipinski definition) is 4. The molecule has 0 fully saturated rings. The zero-order chi connectivity index (χ0) is 29.3. The molecule has 1 aliphatic rings. The van der Waals surface area contributed by atoms with Gasteiger partial charge < -0.3 is 21.3 Å². The van der Waals surface area contributed by atoms with E-state index in [1.807, 2.05) is 0 Å². The molecule has 6 heteroatoms. The first-order valence-corrected chi connectivity index (χ1v) is 15.0. The number of nitrogens with zero attached hydrogens (tertiary/aromatic N) is 2. The molecule has 0 unspecified atom stereocenters. The van der Waals surface area contributed by atoms with Gasteiger partial charge in [0.1, 0.15) is 0 Å². The van der Waals surface area contributed by atoms with Crippen molar-refractivity contribution in [3.63, 3.8) is 0 Å². The molecule has 0 amide bonds. The zero-order valence-corrected chi connectivity index (χ0v) is 25.1. The zero-order valence-electron chi connectivity index (χ0n) is 25.1. The molecular weight excluding hydrogens is 516 g/mol. The SMILES string of the molecule is CC(C)N=C1Nc2ccccc2CCc2ccccc2NC(=NC(C)C)Nc2ccccc2CCc2ccccc2N1. The van der Waals surface area contributed by atoms with Crippen LogP contribution in [0.25, 0.3) is 0 Å². The van der Waals surface area contributed by atoms with Gasteiger partial charge in [-0.1, -0.05) is 72.8 Å². The van der Waals surface area contributed by atoms with Gasteiger partial charge >= 0.3 is 0 Å². The number of guanidine groups is 2. The molecule has 0 radical (unpaired) electrons. The maximum atomic E-state index is 4.93. The van der Waals surface area contributed by atoms with Crippen LogP contribution >= 0.6 is 0 Å². The van der Waals surface area contributed by atoms with Crippen LogP contribution in [0.2, 0.25) is 0 Å². The summed E-state index contributed by atoms with van der Waals surface area (Å²) in [5.41, 5.74) is 9.20. The molecule has 6 nitrogen and oxygen atoms in total. The van der Waals surface area contributed by atoms with E-state index in [4.69, 9.17) is 9.98 Å². The number of fused-ring (bicyclic) bond motifs is 4. The molecule has 0 aliphatic carbocycles. The summed E-state index contributed by atoms with van der Waals surface area (Å²) in [7, 11) is 0. The lowest BCUT2D eigenvalue weighted by atomic mass is 10.0. The highest BCUT2D eigenvalue weighted by Gasteiger charge is 2.14. The van der Waals surface area contributed by atoms with Crippen LogP contribution in [-0.4, -0.2) is 24.0 Å². The van der Waals surface area contributed by atoms with Gasteiger partial charge in [0.2, 0.25) is 11.9 Å². The number of anilines is 4. The summed E-state index contributed by atoms with van der Waals surface area (Å²) in [5, 5.41) is 14.5. The number of nitrogens with one attached hydrogen (secondary N) is 4. The van der Waals surface area contributed by atoms with Crippen molar-refractivity contribution >= 4 is 34.7 Å². The summed E-state index contributed by atoms with van der Waals surface area (Å²) < 4.78 is 0. The van der Waals surface area contributed by atoms with E-state index in [-0.39, 0.29) is 12.1 Å². The standard InChI is InChI=1S/C36H42N6/c1-25(2)37-35-39-31-17-9-5-13-27(31)21-23-29-15-7-11-19-33(29)41-36(38-26(3)4)42-34-20-12-8-16-30(34)24-22-28-14-6-10-18-32(28)40-35/h5-20,25-26H,21-24H2,1-4H3,(H2,37,39,40)(H2,38,41,42). The largest absolute Gasteiger partial charge is 0.326 e. The molecule has 0 atom stereocenters. The van der Waals surface area contributed by atoms with Gasteiger partial charge in [-0.15, -0.1) is 0 Å². The second-order valence-electron chi connectivity index (χ2n) is 11.3. The molecule has 1 aliphatic heterocycles. The summed E-state index contributed by atoms with van der Waals surface area (Å²) in [6.07, 6.45) is 3.50. The molecule has 5 rings (SSSR count). The van der Waals surface area contributed by atoms with E-state index in [1.165, 1.54) is 22.3 Å². The Morgan fingerprint density at radius 3 is 0.881 bits per heavy atom. The Labute approximate surface area is 250 Å². The highest BCUT2D eigenvalue weighted by atomic mass is 15.2. The van der Waals surface area contributed by atoms with E-state index in [1.54, 1.807) is 0 Å². The number of para-hydroxylation sites is 4. The maximum Gasteiger partial charge on any atom is 0.200 e. The van der Waals surface area contributed by atoms with Crippen molar-refractivity contribution in [2.24, 2.45) is 9.98 Å². The number of aryl methyl sites for hydroxylation is 4. The molecule has 0 spiro atoms. The molecule has 4 aromatic carbocycles. The molecule has 42 heavy (non-hydrogen) atoms. The van der Waals surface area contributed by atoms with Crippen molar-refractivity contribution in [3.8, 4) is 0 Å². The summed E-state index contributed by atoms with van der Waals surface area (Å²) in [4.78, 5) is 9.86. The van der Waals surface area contributed by atoms with Gasteiger partial charge in [-0.05, 0) is 99.9 Å². The molecule has 1 heterocycles. The molecule has 0 saturated heterocycles. The van der Waals surface area contributed by atoms with Crippen molar-refractivity contribution < 1.29 is 0 Å². The Bertz CT molecular complexity index is 1330. The Morgan fingerprint density at radius 2 is 0.643 bits per heavy atom. The molecular formula is C36H42N6. The second-order valence-corrected chi connectivity index (χ2v) is 11.3. The van der Waals surface area contributed by atoms with E-state index in [0.717, 1.165) is 60.4 Å². The van der Waals surface area contributed by atoms with Crippen LogP contribution in [-0.2, 0) is 25.7 Å². The number of rotatable bonds is 2. The fourth-order valence-electron chi connectivity index (χ4n) is 5.20. The van der Waals surface area contributed by atoms with E-state index >= 15 is 0 Å². The summed E-state index contributed by atoms with van der Waals surface area (Å²) in [6, 6.07) is 34.3. The maximum absolute atomic E-state index is 4.93. The normalized spacial score (nSPS) is 14.0. The van der Waals surface area contributed by atoms with Crippen molar-refractivity contribution in [1.82, 2.24) is 0 Å². The lowest BCUT2D eigenvalue weighted by molar-refractivity contribution is 0.834. The van der Waals surface area contributed by atoms with Crippen molar-refractivity contribution in [2.75, 3.05) is 21.3 Å². The number of benzene rings is 4. The molecule has 0 aromatic heterocycles. The second kappa shape index (κ2) is 13.9. The van der Waals surface area contributed by atoms with Gasteiger partial charge in [0.05, 0.1) is 0 Å². The summed E-state index contributed by atoms with van der Waals surface area (Å²) in [5.74, 6) is 1.51. The van der Waals surface area contributed by atoms with Gasteiger partial charge in [0, 0.05) is 34.8 Å². The molecule has 216 valence electrons. The average molecular weight is 559 g/mol. The third-order valence-electron chi connectivity index (χ3n) is 7.18. The highest BCUT2D eigenvalue weighted by Crippen LogP contribution is 2.25. The minimum Gasteiger partial charge on any atom is -0.326 e. The third kappa shape index (κ3) is 7.78. The first-order valence-electron chi connectivity index (χ1n) is 15.0. The van der Waals surface area contributed by atoms with Crippen molar-refractivity contribution in [3.05, 3.63) is 119 Å². The average Bonchev–Trinajstić information content (AvgIpc) is 2.96. The van der Waals surface area contributed by atoms with Gasteiger partial charge in [-0.25, -0.2) is 9.98 Å². The lowest BCUT2D eigenvalue weighted by Crippen LogP contribution is -2.26. The Morgan fingerprint density at radius 1 is 0.405 bits per heavy atom. The summed E-state index contributed by atoms with van der Waals surface area (Å²) in [6.45, 7) is 8.41. The first kappa shape index (κ1) is 28.9. The Kier molecular flexibility index (Phi) is 9.55. The molecule has 4 aromatic rings. The van der Waals surface area contributed by atoms with Crippen LogP contribution < -0.4 is 21.3 Å². The van der Waals surface area contributed by atoms with E-state index in [9.17, 15) is 0 Å². The lowest BCUT2D eigenvalue weighted by Gasteiger charge is -2.21. The summed E-state index contributed by atoms with van der Waals surface area (Å²) >= 11 is 0. The quantitative estimate of drug-likeness (QED) is 0.200.